The van der Waals surface area contributed by atoms with Crippen LogP contribution in [0.4, 0.5) is 4.79 Å². The lowest BCUT2D eigenvalue weighted by Gasteiger charge is -2.35. The van der Waals surface area contributed by atoms with Gasteiger partial charge >= 0.3 is 6.09 Å². The molecule has 25 heavy (non-hydrogen) atoms. The quantitative estimate of drug-likeness (QED) is 0.878. The van der Waals surface area contributed by atoms with Crippen LogP contribution in [0.5, 0.6) is 0 Å². The molecule has 0 aliphatic rings. The number of hydrogen-bond donors (Lipinski definition) is 1. The third kappa shape index (κ3) is 6.07. The highest BCUT2D eigenvalue weighted by molar-refractivity contribution is 5.73. The summed E-state index contributed by atoms with van der Waals surface area (Å²) in [6.07, 6.45) is 0.0619. The molecule has 0 radical (unpaired) electrons. The van der Waals surface area contributed by atoms with E-state index in [0.717, 1.165) is 0 Å². The summed E-state index contributed by atoms with van der Waals surface area (Å²) in [7, 11) is 1.67. The number of nitrogens with zero attached hydrogens (tertiary/aromatic N) is 2. The zero-order chi connectivity index (χ0) is 19.6. The molecule has 0 saturated heterocycles. The Kier molecular flexibility index (Phi) is 5.93. The average molecular weight is 353 g/mol. The van der Waals surface area contributed by atoms with Crippen LogP contribution in [0.1, 0.15) is 66.8 Å². The maximum Gasteiger partial charge on any atom is 0.410 e. The largest absolute Gasteiger partial charge is 0.444 e. The van der Waals surface area contributed by atoms with Crippen molar-refractivity contribution in [2.45, 2.75) is 78.5 Å². The second kappa shape index (κ2) is 7.06. The number of carbonyl (C=O) groups excluding carboxylic acids is 2. The fraction of sp³-hybridized carbons (Fsp3) is 0.722. The third-order valence-corrected chi connectivity index (χ3v) is 3.82. The second-order valence-corrected chi connectivity index (χ2v) is 8.52. The molecule has 0 aromatic carbocycles. The van der Waals surface area contributed by atoms with E-state index in [1.165, 1.54) is 11.8 Å². The van der Waals surface area contributed by atoms with Gasteiger partial charge in [0, 0.05) is 32.0 Å². The summed E-state index contributed by atoms with van der Waals surface area (Å²) in [4.78, 5) is 25.1. The van der Waals surface area contributed by atoms with Crippen LogP contribution in [0.3, 0.4) is 0 Å². The van der Waals surface area contributed by atoms with Crippen LogP contribution in [0.25, 0.3) is 0 Å². The summed E-state index contributed by atoms with van der Waals surface area (Å²) in [5.41, 5.74) is -1.11. The minimum Gasteiger partial charge on any atom is -0.444 e. The van der Waals surface area contributed by atoms with Gasteiger partial charge in [0.05, 0.1) is 5.54 Å². The van der Waals surface area contributed by atoms with Crippen LogP contribution in [0.15, 0.2) is 10.6 Å². The summed E-state index contributed by atoms with van der Waals surface area (Å²) < 4.78 is 10.8. The van der Waals surface area contributed by atoms with E-state index >= 15 is 0 Å². The summed E-state index contributed by atoms with van der Waals surface area (Å²) in [5, 5.41) is 6.99. The van der Waals surface area contributed by atoms with Gasteiger partial charge < -0.3 is 19.5 Å². The molecular weight excluding hydrogens is 322 g/mol. The van der Waals surface area contributed by atoms with Gasteiger partial charge in [-0.1, -0.05) is 5.16 Å². The van der Waals surface area contributed by atoms with Crippen molar-refractivity contribution in [2.24, 2.45) is 0 Å². The Labute approximate surface area is 150 Å². The van der Waals surface area contributed by atoms with Gasteiger partial charge in [-0.25, -0.2) is 4.79 Å². The topological polar surface area (TPSA) is 84.7 Å². The molecule has 0 unspecified atom stereocenters. The molecule has 0 fully saturated rings. The lowest BCUT2D eigenvalue weighted by atomic mass is 9.95. The molecule has 1 rings (SSSR count). The van der Waals surface area contributed by atoms with Gasteiger partial charge in [0.15, 0.2) is 0 Å². The third-order valence-electron chi connectivity index (χ3n) is 3.82. The van der Waals surface area contributed by atoms with E-state index in [0.29, 0.717) is 17.9 Å². The molecule has 7 nitrogen and oxygen atoms in total. The Bertz CT molecular complexity index is 627. The smallest absolute Gasteiger partial charge is 0.410 e. The lowest BCUT2D eigenvalue weighted by Crippen LogP contribution is -2.45. The number of amides is 2. The molecule has 1 aromatic rings. The van der Waals surface area contributed by atoms with E-state index in [1.54, 1.807) is 7.05 Å². The number of ether oxygens (including phenoxy) is 1. The summed E-state index contributed by atoms with van der Waals surface area (Å²) in [5.74, 6) is 0.536. The van der Waals surface area contributed by atoms with Gasteiger partial charge in [0.25, 0.3) is 0 Å². The molecule has 0 spiro atoms. The van der Waals surface area contributed by atoms with Crippen molar-refractivity contribution in [1.82, 2.24) is 15.4 Å². The maximum atomic E-state index is 12.3. The molecule has 0 bridgehead atoms. The van der Waals surface area contributed by atoms with Gasteiger partial charge in [-0.3, -0.25) is 4.79 Å². The predicted molar refractivity (Wildman–Crippen MR) is 95.1 cm³/mol. The molecule has 2 amide bonds. The zero-order valence-electron chi connectivity index (χ0n) is 16.8. The first-order chi connectivity index (χ1) is 11.1. The van der Waals surface area contributed by atoms with E-state index < -0.39 is 22.8 Å². The Balaban J connectivity index is 2.92. The Morgan fingerprint density at radius 3 is 2.24 bits per heavy atom. The van der Waals surface area contributed by atoms with Crippen LogP contribution in [0, 0.1) is 0 Å². The van der Waals surface area contributed by atoms with Gasteiger partial charge in [0.2, 0.25) is 5.91 Å². The fourth-order valence-corrected chi connectivity index (χ4v) is 2.37. The molecule has 0 aliphatic carbocycles. The molecule has 0 saturated carbocycles. The first kappa shape index (κ1) is 21.0. The van der Waals surface area contributed by atoms with E-state index in [4.69, 9.17) is 9.26 Å². The van der Waals surface area contributed by atoms with Crippen LogP contribution in [-0.4, -0.2) is 40.2 Å². The fourth-order valence-electron chi connectivity index (χ4n) is 2.37. The molecule has 0 aliphatic heterocycles. The normalized spacial score (nSPS) is 12.7. The summed E-state index contributed by atoms with van der Waals surface area (Å²) in [6, 6.07) is 1.81. The highest BCUT2D eigenvalue weighted by Crippen LogP contribution is 2.28. The second-order valence-electron chi connectivity index (χ2n) is 8.52. The van der Waals surface area contributed by atoms with Crippen LogP contribution < -0.4 is 5.32 Å². The van der Waals surface area contributed by atoms with Crippen molar-refractivity contribution in [2.75, 3.05) is 7.05 Å². The van der Waals surface area contributed by atoms with Crippen LogP contribution in [0.2, 0.25) is 0 Å². The highest BCUT2D eigenvalue weighted by atomic mass is 16.6. The maximum absolute atomic E-state index is 12.3. The zero-order valence-corrected chi connectivity index (χ0v) is 16.8. The molecule has 0 atom stereocenters. The summed E-state index contributed by atoms with van der Waals surface area (Å²) in [6.45, 7) is 14.5. The Hall–Kier alpha value is -2.05. The van der Waals surface area contributed by atoms with Gasteiger partial charge in [-0.15, -0.1) is 0 Å². The SMILES string of the molecule is CC(=O)NC(C)(C)Cc1cc(C(C)(C)N(C)C(=O)OC(C)(C)C)no1. The average Bonchev–Trinajstić information content (AvgIpc) is 2.82. The highest BCUT2D eigenvalue weighted by Gasteiger charge is 2.35. The Morgan fingerprint density at radius 1 is 1.20 bits per heavy atom. The summed E-state index contributed by atoms with van der Waals surface area (Å²) >= 11 is 0. The van der Waals surface area contributed by atoms with E-state index in [9.17, 15) is 9.59 Å². The minimum atomic E-state index is -0.706. The lowest BCUT2D eigenvalue weighted by molar-refractivity contribution is -0.120. The standard InChI is InChI=1S/C18H31N3O4/c1-12(22)19-17(5,6)11-13-10-14(20-25-13)18(7,8)21(9)15(23)24-16(2,3)4/h10H,11H2,1-9H3,(H,19,22). The monoisotopic (exact) mass is 353 g/mol. The van der Waals surface area contributed by atoms with Crippen LogP contribution >= 0.6 is 0 Å². The predicted octanol–water partition coefficient (Wildman–Crippen LogP) is 3.23. The van der Waals surface area contributed by atoms with Gasteiger partial charge in [-0.2, -0.15) is 0 Å². The number of rotatable bonds is 5. The van der Waals surface area contributed by atoms with Crippen molar-refractivity contribution < 1.29 is 18.8 Å². The van der Waals surface area contributed by atoms with Crippen molar-refractivity contribution in [3.63, 3.8) is 0 Å². The molecule has 1 aromatic heterocycles. The molecule has 1 heterocycles. The number of nitrogens with one attached hydrogen (secondary N) is 1. The Morgan fingerprint density at radius 2 is 1.76 bits per heavy atom. The van der Waals surface area contributed by atoms with Crippen molar-refractivity contribution in [3.05, 3.63) is 17.5 Å². The first-order valence-electron chi connectivity index (χ1n) is 8.36. The molecule has 1 N–H and O–H groups in total. The molecule has 7 heteroatoms. The molecule has 142 valence electrons. The van der Waals surface area contributed by atoms with Crippen molar-refractivity contribution in [3.8, 4) is 0 Å². The van der Waals surface area contributed by atoms with Crippen LogP contribution in [-0.2, 0) is 21.5 Å². The van der Waals surface area contributed by atoms with Crippen molar-refractivity contribution >= 4 is 12.0 Å². The van der Waals surface area contributed by atoms with Crippen molar-refractivity contribution in [1.29, 1.82) is 0 Å². The van der Waals surface area contributed by atoms with E-state index in [-0.39, 0.29) is 5.91 Å². The number of hydrogen-bond acceptors (Lipinski definition) is 5. The number of carbonyl (C=O) groups is 2. The van der Waals surface area contributed by atoms with E-state index in [1.807, 2.05) is 54.5 Å². The number of aromatic nitrogens is 1. The minimum absolute atomic E-state index is 0.102. The first-order valence-corrected chi connectivity index (χ1v) is 8.36. The molecular formula is C18H31N3O4. The van der Waals surface area contributed by atoms with Gasteiger partial charge in [-0.05, 0) is 48.5 Å². The van der Waals surface area contributed by atoms with Gasteiger partial charge in [0.1, 0.15) is 17.1 Å². The van der Waals surface area contributed by atoms with E-state index in [2.05, 4.69) is 10.5 Å².